The molecule has 0 aromatic heterocycles. The minimum Gasteiger partial charge on any atom is -0.303 e. The Morgan fingerprint density at radius 1 is 1.19 bits per heavy atom. The molecule has 0 atom stereocenters. The molecule has 0 radical (unpaired) electrons. The second-order valence-corrected chi connectivity index (χ2v) is 2.57. The number of hydrogen-bond acceptors (Lipinski definition) is 2. The van der Waals surface area contributed by atoms with E-state index in [4.69, 9.17) is 0 Å². The third-order valence-electron chi connectivity index (χ3n) is 1.58. The number of rotatable bonds is 3. The highest BCUT2D eigenvalue weighted by Crippen LogP contribution is 2.05. The molecule has 1 fully saturated rings. The van der Waals surface area contributed by atoms with Crippen LogP contribution >= 0.6 is 0 Å². The molecule has 3 amide bonds. The van der Waals surface area contributed by atoms with Gasteiger partial charge in [0.15, 0.2) is 0 Å². The van der Waals surface area contributed by atoms with Gasteiger partial charge in [-0.25, -0.2) is 4.79 Å². The lowest BCUT2D eigenvalue weighted by molar-refractivity contribution is -0.115. The van der Waals surface area contributed by atoms with E-state index in [1.807, 2.05) is 13.8 Å². The average molecular weight is 220 g/mol. The summed E-state index contributed by atoms with van der Waals surface area (Å²) in [5.74, 6) is -0.438. The van der Waals surface area contributed by atoms with Crippen molar-refractivity contribution in [3.8, 4) is 0 Å². The fourth-order valence-electron chi connectivity index (χ4n) is 0.960. The summed E-state index contributed by atoms with van der Waals surface area (Å²) in [4.78, 5) is 21.8. The van der Waals surface area contributed by atoms with Crippen molar-refractivity contribution in [1.29, 1.82) is 0 Å². The topological polar surface area (TPSA) is 58.2 Å². The van der Waals surface area contributed by atoms with Crippen LogP contribution in [-0.2, 0) is 4.79 Å². The van der Waals surface area contributed by atoms with Crippen LogP contribution in [0.3, 0.4) is 0 Å². The molecule has 1 aliphatic rings. The Labute approximate surface area is 95.4 Å². The summed E-state index contributed by atoms with van der Waals surface area (Å²) in [6.07, 6.45) is 6.34. The highest BCUT2D eigenvalue weighted by Gasteiger charge is 2.22. The lowest BCUT2D eigenvalue weighted by Gasteiger charge is -1.94. The predicted octanol–water partition coefficient (Wildman–Crippen LogP) is 2.03. The fraction of sp³-hybridized carbons (Fsp3) is 0.167. The van der Waals surface area contributed by atoms with Crippen LogP contribution in [-0.4, -0.2) is 11.9 Å². The number of imide groups is 1. The molecule has 0 saturated carbocycles. The minimum atomic E-state index is -0.511. The van der Waals surface area contributed by atoms with Gasteiger partial charge in [0.2, 0.25) is 0 Å². The largest absolute Gasteiger partial charge is 0.326 e. The molecule has 0 bridgehead atoms. The Bertz CT molecular complexity index is 365. The number of amides is 3. The molecule has 1 aliphatic heterocycles. The van der Waals surface area contributed by atoms with Gasteiger partial charge in [-0.15, -0.1) is 0 Å². The van der Waals surface area contributed by atoms with Gasteiger partial charge in [0.05, 0.1) is 0 Å². The number of hydrogen-bond donors (Lipinski definition) is 2. The Morgan fingerprint density at radius 3 is 2.19 bits per heavy atom. The first kappa shape index (κ1) is 13.9. The van der Waals surface area contributed by atoms with Crippen molar-refractivity contribution in [2.24, 2.45) is 0 Å². The molecule has 86 valence electrons. The molecule has 16 heavy (non-hydrogen) atoms. The van der Waals surface area contributed by atoms with E-state index < -0.39 is 11.9 Å². The van der Waals surface area contributed by atoms with Crippen molar-refractivity contribution in [2.75, 3.05) is 0 Å². The van der Waals surface area contributed by atoms with Crippen LogP contribution < -0.4 is 10.6 Å². The fourth-order valence-corrected chi connectivity index (χ4v) is 0.960. The highest BCUT2D eigenvalue weighted by molar-refractivity contribution is 6.11. The van der Waals surface area contributed by atoms with E-state index in [0.717, 1.165) is 0 Å². The van der Waals surface area contributed by atoms with Crippen molar-refractivity contribution in [3.63, 3.8) is 0 Å². The highest BCUT2D eigenvalue weighted by atomic mass is 16.2. The van der Waals surface area contributed by atoms with Gasteiger partial charge in [0, 0.05) is 0 Å². The molecule has 4 nitrogen and oxygen atoms in total. The Kier molecular flexibility index (Phi) is 6.28. The van der Waals surface area contributed by atoms with Gasteiger partial charge in [-0.2, -0.15) is 0 Å². The van der Waals surface area contributed by atoms with Crippen LogP contribution in [0.4, 0.5) is 4.79 Å². The summed E-state index contributed by atoms with van der Waals surface area (Å²) in [6, 6.07) is -0.511. The molecule has 0 unspecified atom stereocenters. The number of allylic oxidation sites excluding steroid dienone is 5. The standard InChI is InChI=1S/C10H10N2O2.C2H6/c1-3-5-7(4-2)6-8-9(13)12-10(14)11-8;1-2/h3-6H,1-2H2,(H2,11,12,13,14);1-2H3/b7-5+,8-6+;. The molecule has 2 N–H and O–H groups in total. The maximum absolute atomic E-state index is 11.1. The molecule has 0 aliphatic carbocycles. The van der Waals surface area contributed by atoms with Crippen LogP contribution in [0.1, 0.15) is 13.8 Å². The van der Waals surface area contributed by atoms with Crippen molar-refractivity contribution in [1.82, 2.24) is 10.6 Å². The molecule has 1 saturated heterocycles. The van der Waals surface area contributed by atoms with Gasteiger partial charge >= 0.3 is 6.03 Å². The second-order valence-electron chi connectivity index (χ2n) is 2.57. The van der Waals surface area contributed by atoms with Gasteiger partial charge in [-0.1, -0.05) is 45.2 Å². The molecular weight excluding hydrogens is 204 g/mol. The summed E-state index contributed by atoms with van der Waals surface area (Å²) in [6.45, 7) is 11.1. The normalized spacial score (nSPS) is 17.1. The number of urea groups is 1. The third kappa shape index (κ3) is 3.96. The predicted molar refractivity (Wildman–Crippen MR) is 64.6 cm³/mol. The van der Waals surface area contributed by atoms with Crippen LogP contribution in [0.5, 0.6) is 0 Å². The lowest BCUT2D eigenvalue weighted by Crippen LogP contribution is -2.22. The molecule has 1 heterocycles. The first-order chi connectivity index (χ1) is 7.67. The van der Waals surface area contributed by atoms with E-state index >= 15 is 0 Å². The van der Waals surface area contributed by atoms with E-state index in [-0.39, 0.29) is 5.70 Å². The molecule has 4 heteroatoms. The number of carbonyl (C=O) groups is 2. The van der Waals surface area contributed by atoms with Crippen molar-refractivity contribution in [2.45, 2.75) is 13.8 Å². The van der Waals surface area contributed by atoms with E-state index in [9.17, 15) is 9.59 Å². The lowest BCUT2D eigenvalue weighted by atomic mass is 10.2. The summed E-state index contributed by atoms with van der Waals surface area (Å²) < 4.78 is 0. The van der Waals surface area contributed by atoms with E-state index in [1.165, 1.54) is 6.08 Å². The van der Waals surface area contributed by atoms with Crippen LogP contribution in [0.25, 0.3) is 0 Å². The quantitative estimate of drug-likeness (QED) is 0.434. The maximum Gasteiger partial charge on any atom is 0.326 e. The number of carbonyl (C=O) groups excluding carboxylic acids is 2. The van der Waals surface area contributed by atoms with E-state index in [2.05, 4.69) is 23.8 Å². The Hall–Kier alpha value is -2.10. The SMILES string of the molecule is C=C/C=C(C=C)/C=C1/NC(=O)NC1=O.CC. The minimum absolute atomic E-state index is 0.211. The molecular formula is C12H16N2O2. The molecule has 0 aromatic rings. The first-order valence-corrected chi connectivity index (χ1v) is 4.96. The Balaban J connectivity index is 0.00000106. The maximum atomic E-state index is 11.1. The van der Waals surface area contributed by atoms with Gasteiger partial charge in [-0.05, 0) is 11.6 Å². The monoisotopic (exact) mass is 220 g/mol. The molecule has 0 spiro atoms. The van der Waals surface area contributed by atoms with Crippen LogP contribution in [0.2, 0.25) is 0 Å². The van der Waals surface area contributed by atoms with Gasteiger partial charge in [-0.3, -0.25) is 10.1 Å². The van der Waals surface area contributed by atoms with Gasteiger partial charge in [0.25, 0.3) is 5.91 Å². The summed E-state index contributed by atoms with van der Waals surface area (Å²) in [5, 5.41) is 4.46. The summed E-state index contributed by atoms with van der Waals surface area (Å²) in [5.41, 5.74) is 0.912. The average Bonchev–Trinajstić information content (AvgIpc) is 2.59. The summed E-state index contributed by atoms with van der Waals surface area (Å²) >= 11 is 0. The van der Waals surface area contributed by atoms with E-state index in [1.54, 1.807) is 18.2 Å². The zero-order chi connectivity index (χ0) is 12.6. The van der Waals surface area contributed by atoms with Gasteiger partial charge < -0.3 is 5.32 Å². The summed E-state index contributed by atoms with van der Waals surface area (Å²) in [7, 11) is 0. The number of nitrogens with one attached hydrogen (secondary N) is 2. The first-order valence-electron chi connectivity index (χ1n) is 4.96. The molecule has 0 aromatic carbocycles. The van der Waals surface area contributed by atoms with E-state index in [0.29, 0.717) is 5.57 Å². The van der Waals surface area contributed by atoms with Crippen molar-refractivity contribution >= 4 is 11.9 Å². The van der Waals surface area contributed by atoms with Crippen LogP contribution in [0, 0.1) is 0 Å². The second kappa shape index (κ2) is 7.23. The zero-order valence-electron chi connectivity index (χ0n) is 9.54. The van der Waals surface area contributed by atoms with Crippen LogP contribution in [0.15, 0.2) is 48.7 Å². The Morgan fingerprint density at radius 2 is 1.81 bits per heavy atom. The van der Waals surface area contributed by atoms with Crippen molar-refractivity contribution in [3.05, 3.63) is 48.7 Å². The van der Waals surface area contributed by atoms with Crippen molar-refractivity contribution < 1.29 is 9.59 Å². The zero-order valence-corrected chi connectivity index (χ0v) is 9.54. The smallest absolute Gasteiger partial charge is 0.303 e. The van der Waals surface area contributed by atoms with Gasteiger partial charge in [0.1, 0.15) is 5.70 Å². The molecule has 1 rings (SSSR count). The third-order valence-corrected chi connectivity index (χ3v) is 1.58.